The lowest BCUT2D eigenvalue weighted by molar-refractivity contribution is 0.242. The van der Waals surface area contributed by atoms with Crippen LogP contribution >= 0.6 is 0 Å². The van der Waals surface area contributed by atoms with Crippen LogP contribution in [0.5, 0.6) is 0 Å². The van der Waals surface area contributed by atoms with Crippen LogP contribution in [0.25, 0.3) is 0 Å². The van der Waals surface area contributed by atoms with E-state index in [1.165, 1.54) is 0 Å². The third kappa shape index (κ3) is 7.29. The van der Waals surface area contributed by atoms with Gasteiger partial charge >= 0.3 is 0 Å². The molecule has 0 fully saturated rings. The zero-order valence-corrected chi connectivity index (χ0v) is 24.5. The molecule has 2 aliphatic heterocycles. The molecule has 40 heavy (non-hydrogen) atoms. The Hall–Kier alpha value is -3.68. The average Bonchev–Trinajstić information content (AvgIpc) is 2.96. The number of nitrogens with zero attached hydrogens (tertiary/aromatic N) is 4. The highest BCUT2D eigenvalue weighted by Crippen LogP contribution is 2.27. The smallest absolute Gasteiger partial charge is 0.212 e. The quantitative estimate of drug-likeness (QED) is 0.392. The maximum absolute atomic E-state index is 6.30. The van der Waals surface area contributed by atoms with Crippen molar-refractivity contribution in [2.75, 3.05) is 13.2 Å². The molecular weight excluding hydrogens is 504 g/mol. The molecule has 8 heteroatoms. The maximum Gasteiger partial charge on any atom is 0.212 e. The summed E-state index contributed by atoms with van der Waals surface area (Å²) in [5.74, 6) is 2.48. The summed E-state index contributed by atoms with van der Waals surface area (Å²) in [4.78, 5) is 20.2. The molecule has 0 bridgehead atoms. The van der Waals surface area contributed by atoms with E-state index in [9.17, 15) is 0 Å². The fourth-order valence-corrected chi connectivity index (χ4v) is 4.60. The highest BCUT2D eigenvalue weighted by atomic mass is 16.5. The van der Waals surface area contributed by atoms with Crippen molar-refractivity contribution in [1.82, 2.24) is 0 Å². The van der Waals surface area contributed by atoms with Crippen molar-refractivity contribution in [1.29, 1.82) is 0 Å². The molecule has 0 aromatic heterocycles. The SMILES string of the molecule is CCOC1=N[C@@H](C(C)C)C(OCc2ccccc2)=N[C@@H]1[C@H]1N=C(OCc2ccccc2)[C@H](C(C)C)N=C1OCC. The molecule has 0 amide bonds. The lowest BCUT2D eigenvalue weighted by Gasteiger charge is -2.34. The van der Waals surface area contributed by atoms with E-state index in [0.29, 0.717) is 50.0 Å². The number of ether oxygens (including phenoxy) is 4. The summed E-state index contributed by atoms with van der Waals surface area (Å²) in [6.45, 7) is 14.0. The summed E-state index contributed by atoms with van der Waals surface area (Å²) >= 11 is 0. The molecule has 8 nitrogen and oxygen atoms in total. The van der Waals surface area contributed by atoms with Crippen molar-refractivity contribution < 1.29 is 18.9 Å². The molecule has 0 aliphatic carbocycles. The standard InChI is InChI=1S/C32H42N4O4/c1-7-37-31-27(35-29(25(33-31)21(3)4)39-19-23-15-11-9-12-16-23)28-32(38-8-2)34-26(22(5)6)30(36-28)40-20-24-17-13-10-14-18-24/h9-18,21-22,25-28H,7-8,19-20H2,1-6H3/t25-,26-,27+,28+/m0/s1. The Morgan fingerprint density at radius 2 is 0.900 bits per heavy atom. The van der Waals surface area contributed by atoms with Crippen LogP contribution in [0.3, 0.4) is 0 Å². The summed E-state index contributed by atoms with van der Waals surface area (Å²) in [5.41, 5.74) is 2.12. The Morgan fingerprint density at radius 3 is 1.23 bits per heavy atom. The lowest BCUT2D eigenvalue weighted by atomic mass is 9.98. The molecule has 214 valence electrons. The Balaban J connectivity index is 1.70. The molecule has 0 unspecified atom stereocenters. The second-order valence-corrected chi connectivity index (χ2v) is 10.6. The monoisotopic (exact) mass is 546 g/mol. The zero-order valence-electron chi connectivity index (χ0n) is 24.5. The van der Waals surface area contributed by atoms with Gasteiger partial charge in [-0.3, -0.25) is 0 Å². The van der Waals surface area contributed by atoms with E-state index in [0.717, 1.165) is 11.1 Å². The Morgan fingerprint density at radius 1 is 0.525 bits per heavy atom. The maximum atomic E-state index is 6.30. The average molecular weight is 547 g/mol. The van der Waals surface area contributed by atoms with Gasteiger partial charge in [0, 0.05) is 0 Å². The molecule has 2 aliphatic rings. The van der Waals surface area contributed by atoms with Crippen molar-refractivity contribution in [2.45, 2.75) is 78.9 Å². The summed E-state index contributed by atoms with van der Waals surface area (Å²) < 4.78 is 24.8. The molecule has 2 aromatic rings. The van der Waals surface area contributed by atoms with E-state index < -0.39 is 12.1 Å². The van der Waals surface area contributed by atoms with Gasteiger partial charge in [-0.2, -0.15) is 0 Å². The Kier molecular flexibility index (Phi) is 10.3. The van der Waals surface area contributed by atoms with Gasteiger partial charge < -0.3 is 18.9 Å². The van der Waals surface area contributed by atoms with Crippen LogP contribution in [0, 0.1) is 11.8 Å². The van der Waals surface area contributed by atoms with Gasteiger partial charge in [-0.15, -0.1) is 0 Å². The molecule has 4 atom stereocenters. The van der Waals surface area contributed by atoms with Crippen LogP contribution in [0.4, 0.5) is 0 Å². The van der Waals surface area contributed by atoms with Crippen LogP contribution in [-0.2, 0) is 32.2 Å². The van der Waals surface area contributed by atoms with Crippen molar-refractivity contribution in [3.63, 3.8) is 0 Å². The first kappa shape index (κ1) is 29.3. The predicted octanol–water partition coefficient (Wildman–Crippen LogP) is 5.90. The molecule has 0 radical (unpaired) electrons. The number of rotatable bonds is 9. The van der Waals surface area contributed by atoms with E-state index in [1.54, 1.807) is 0 Å². The third-order valence-electron chi connectivity index (χ3n) is 6.68. The van der Waals surface area contributed by atoms with Crippen LogP contribution in [0.2, 0.25) is 0 Å². The zero-order chi connectivity index (χ0) is 28.5. The topological polar surface area (TPSA) is 86.4 Å². The first-order chi connectivity index (χ1) is 19.4. The minimum Gasteiger partial charge on any atom is -0.480 e. The largest absolute Gasteiger partial charge is 0.480 e. The Bertz CT molecular complexity index is 1110. The van der Waals surface area contributed by atoms with Gasteiger partial charge in [0.15, 0.2) is 12.1 Å². The van der Waals surface area contributed by atoms with E-state index in [4.69, 9.17) is 38.9 Å². The van der Waals surface area contributed by atoms with Gasteiger partial charge in [-0.25, -0.2) is 20.0 Å². The molecule has 2 aromatic carbocycles. The van der Waals surface area contributed by atoms with Crippen molar-refractivity contribution in [3.8, 4) is 0 Å². The van der Waals surface area contributed by atoms with Crippen LogP contribution in [0.1, 0.15) is 52.7 Å². The molecule has 0 spiro atoms. The van der Waals surface area contributed by atoms with Crippen LogP contribution in [0.15, 0.2) is 80.6 Å². The first-order valence-corrected chi connectivity index (χ1v) is 14.3. The van der Waals surface area contributed by atoms with Crippen molar-refractivity contribution >= 4 is 23.6 Å². The van der Waals surface area contributed by atoms with Gasteiger partial charge in [0.05, 0.1) is 13.2 Å². The first-order valence-electron chi connectivity index (χ1n) is 14.3. The number of hydrogen-bond donors (Lipinski definition) is 0. The van der Waals surface area contributed by atoms with Gasteiger partial charge in [0.2, 0.25) is 23.6 Å². The molecular formula is C32H42N4O4. The van der Waals surface area contributed by atoms with Gasteiger partial charge in [-0.1, -0.05) is 88.4 Å². The number of hydrogen-bond acceptors (Lipinski definition) is 8. The Labute approximate surface area is 238 Å². The highest BCUT2D eigenvalue weighted by molar-refractivity contribution is 6.02. The molecule has 0 saturated heterocycles. The van der Waals surface area contributed by atoms with Crippen molar-refractivity contribution in [2.24, 2.45) is 31.8 Å². The van der Waals surface area contributed by atoms with Crippen LogP contribution in [-0.4, -0.2) is 61.0 Å². The minimum atomic E-state index is -0.588. The van der Waals surface area contributed by atoms with E-state index in [-0.39, 0.29) is 23.9 Å². The fraction of sp³-hybridized carbons (Fsp3) is 0.500. The summed E-state index contributed by atoms with van der Waals surface area (Å²) in [7, 11) is 0. The number of aliphatic imine (C=N–C) groups is 4. The molecule has 0 N–H and O–H groups in total. The van der Waals surface area contributed by atoms with Crippen molar-refractivity contribution in [3.05, 3.63) is 71.8 Å². The van der Waals surface area contributed by atoms with Gasteiger partial charge in [0.1, 0.15) is 25.3 Å². The van der Waals surface area contributed by atoms with Gasteiger partial charge in [-0.05, 0) is 36.8 Å². The second kappa shape index (κ2) is 14.1. The molecule has 0 saturated carbocycles. The lowest BCUT2D eigenvalue weighted by Crippen LogP contribution is -2.49. The molecule has 2 heterocycles. The van der Waals surface area contributed by atoms with Gasteiger partial charge in [0.25, 0.3) is 0 Å². The predicted molar refractivity (Wildman–Crippen MR) is 160 cm³/mol. The van der Waals surface area contributed by atoms with E-state index in [2.05, 4.69) is 27.7 Å². The third-order valence-corrected chi connectivity index (χ3v) is 6.68. The van der Waals surface area contributed by atoms with E-state index in [1.807, 2.05) is 74.5 Å². The summed E-state index contributed by atoms with van der Waals surface area (Å²) in [6, 6.07) is 18.4. The van der Waals surface area contributed by atoms with E-state index >= 15 is 0 Å². The summed E-state index contributed by atoms with van der Waals surface area (Å²) in [6.07, 6.45) is 0. The fourth-order valence-electron chi connectivity index (χ4n) is 4.60. The summed E-state index contributed by atoms with van der Waals surface area (Å²) in [5, 5.41) is 0. The normalized spacial score (nSPS) is 22.7. The molecule has 4 rings (SSSR count). The minimum absolute atomic E-state index is 0.163. The highest BCUT2D eigenvalue weighted by Gasteiger charge is 2.42. The number of benzene rings is 2. The van der Waals surface area contributed by atoms with Crippen LogP contribution < -0.4 is 0 Å². The second-order valence-electron chi connectivity index (χ2n) is 10.6.